The van der Waals surface area contributed by atoms with Crippen molar-refractivity contribution in [3.8, 4) is 5.75 Å². The number of ether oxygens (including phenoxy) is 2. The summed E-state index contributed by atoms with van der Waals surface area (Å²) in [7, 11) is -3.59. The van der Waals surface area contributed by atoms with E-state index in [1.54, 1.807) is 0 Å². The molecule has 0 saturated carbocycles. The third-order valence-electron chi connectivity index (χ3n) is 4.48. The number of sulfone groups is 1. The molecule has 194 valence electrons. The van der Waals surface area contributed by atoms with Gasteiger partial charge in [-0.25, -0.2) is 22.0 Å². The third kappa shape index (κ3) is 7.51. The Hall–Kier alpha value is -2.95. The van der Waals surface area contributed by atoms with E-state index in [2.05, 4.69) is 0 Å². The monoisotopic (exact) mass is 522 g/mol. The van der Waals surface area contributed by atoms with Crippen molar-refractivity contribution in [1.82, 2.24) is 0 Å². The molecule has 1 heterocycles. The summed E-state index contributed by atoms with van der Waals surface area (Å²) in [5.41, 5.74) is -2.47. The van der Waals surface area contributed by atoms with Crippen LogP contribution in [0.15, 0.2) is 53.1 Å². The van der Waals surface area contributed by atoms with Gasteiger partial charge in [-0.2, -0.15) is 13.2 Å². The van der Waals surface area contributed by atoms with Gasteiger partial charge in [-0.15, -0.1) is 0 Å². The fourth-order valence-corrected chi connectivity index (χ4v) is 3.84. The average molecular weight is 523 g/mol. The fourth-order valence-electron chi connectivity index (χ4n) is 3.21. The van der Waals surface area contributed by atoms with Crippen molar-refractivity contribution in [1.29, 1.82) is 0 Å². The molecule has 0 saturated heterocycles. The molecule has 1 atom stereocenters. The van der Waals surface area contributed by atoms with Gasteiger partial charge in [-0.1, -0.05) is 39.8 Å². The average Bonchev–Trinajstić information content (AvgIpc) is 3.00. The van der Waals surface area contributed by atoms with Gasteiger partial charge in [0.15, 0.2) is 21.5 Å². The molecule has 35 heavy (non-hydrogen) atoms. The highest BCUT2D eigenvalue weighted by Crippen LogP contribution is 2.46. The lowest BCUT2D eigenvalue weighted by Crippen LogP contribution is -2.33. The molecule has 1 aliphatic rings. The van der Waals surface area contributed by atoms with Crippen LogP contribution in [0.3, 0.4) is 0 Å². The molecule has 0 amide bonds. The number of alkyl halides is 3. The number of benzene rings is 2. The van der Waals surface area contributed by atoms with Gasteiger partial charge in [0.1, 0.15) is 11.4 Å². The van der Waals surface area contributed by atoms with Crippen LogP contribution in [0.5, 0.6) is 5.75 Å². The Morgan fingerprint density at radius 2 is 1.49 bits per heavy atom. The topological polar surface area (TPSA) is 69.7 Å². The molecular formula is C24H27F5O5S. The standard InChI is InChI=1S/C20H15F5O5S.2C2H6/c1-19(10-20(23,24)25)16(11-3-6-13(7-4-11)31(2,27)28)17(18(26)30-19)29-12-5-8-14(21)15(22)9-12;2*1-2/h3-9H,10H2,1-2H3;2*1-2H3/t19-;;/m1../s1. The number of halogens is 5. The zero-order valence-electron chi connectivity index (χ0n) is 20.1. The number of cyclic esters (lactones) is 1. The molecule has 0 N–H and O–H groups in total. The lowest BCUT2D eigenvalue weighted by atomic mass is 9.87. The second-order valence-corrected chi connectivity index (χ2v) is 9.11. The molecule has 0 spiro atoms. The van der Waals surface area contributed by atoms with Gasteiger partial charge in [0, 0.05) is 12.3 Å². The Balaban J connectivity index is 0.00000145. The molecule has 0 radical (unpaired) electrons. The Kier molecular flexibility index (Phi) is 10.0. The predicted octanol–water partition coefficient (Wildman–Crippen LogP) is 6.48. The second-order valence-electron chi connectivity index (χ2n) is 7.09. The van der Waals surface area contributed by atoms with Crippen molar-refractivity contribution in [2.45, 2.75) is 57.7 Å². The molecule has 2 aromatic rings. The minimum Gasteiger partial charge on any atom is -0.449 e. The van der Waals surface area contributed by atoms with E-state index in [4.69, 9.17) is 9.47 Å². The van der Waals surface area contributed by atoms with Crippen molar-refractivity contribution < 1.29 is 44.6 Å². The van der Waals surface area contributed by atoms with E-state index in [0.717, 1.165) is 37.4 Å². The maximum atomic E-state index is 13.5. The summed E-state index contributed by atoms with van der Waals surface area (Å²) in [5, 5.41) is 0. The highest BCUT2D eigenvalue weighted by Gasteiger charge is 2.52. The van der Waals surface area contributed by atoms with E-state index >= 15 is 0 Å². The maximum absolute atomic E-state index is 13.5. The summed E-state index contributed by atoms with van der Waals surface area (Å²) in [5.74, 6) is -4.70. The summed E-state index contributed by atoms with van der Waals surface area (Å²) < 4.78 is 99.9. The lowest BCUT2D eigenvalue weighted by molar-refractivity contribution is -0.176. The van der Waals surface area contributed by atoms with E-state index in [-0.39, 0.29) is 21.8 Å². The number of carbonyl (C=O) groups excluding carboxylic acids is 1. The van der Waals surface area contributed by atoms with Gasteiger partial charge in [-0.05, 0) is 36.8 Å². The van der Waals surface area contributed by atoms with Gasteiger partial charge in [-0.3, -0.25) is 0 Å². The molecule has 0 fully saturated rings. The maximum Gasteiger partial charge on any atom is 0.393 e. The number of hydrogen-bond acceptors (Lipinski definition) is 5. The van der Waals surface area contributed by atoms with Crippen molar-refractivity contribution in [3.05, 3.63) is 65.4 Å². The fraction of sp³-hybridized carbons (Fsp3) is 0.375. The Labute approximate surface area is 201 Å². The van der Waals surface area contributed by atoms with Gasteiger partial charge in [0.25, 0.3) is 0 Å². The first kappa shape index (κ1) is 30.1. The van der Waals surface area contributed by atoms with Crippen LogP contribution in [0, 0.1) is 11.6 Å². The summed E-state index contributed by atoms with van der Waals surface area (Å²) in [4.78, 5) is 12.3. The van der Waals surface area contributed by atoms with Gasteiger partial charge in [0.05, 0.1) is 16.9 Å². The van der Waals surface area contributed by atoms with Crippen molar-refractivity contribution >= 4 is 21.4 Å². The van der Waals surface area contributed by atoms with Gasteiger partial charge < -0.3 is 9.47 Å². The van der Waals surface area contributed by atoms with Crippen LogP contribution in [0.25, 0.3) is 5.57 Å². The molecule has 0 aliphatic carbocycles. The molecule has 3 rings (SSSR count). The first-order valence-corrected chi connectivity index (χ1v) is 12.6. The molecular weight excluding hydrogens is 495 g/mol. The number of hydrogen-bond donors (Lipinski definition) is 0. The van der Waals surface area contributed by atoms with Crippen LogP contribution in [0.4, 0.5) is 22.0 Å². The zero-order chi connectivity index (χ0) is 27.2. The zero-order valence-corrected chi connectivity index (χ0v) is 20.9. The number of rotatable bonds is 5. The summed E-state index contributed by atoms with van der Waals surface area (Å²) in [6.45, 7) is 9.03. The van der Waals surface area contributed by atoms with Crippen LogP contribution in [-0.4, -0.2) is 32.4 Å². The van der Waals surface area contributed by atoms with Crippen LogP contribution in [0.2, 0.25) is 0 Å². The van der Waals surface area contributed by atoms with Crippen LogP contribution < -0.4 is 4.74 Å². The molecule has 0 aromatic heterocycles. The van der Waals surface area contributed by atoms with Crippen molar-refractivity contribution in [2.24, 2.45) is 0 Å². The normalized spacial score (nSPS) is 17.6. The predicted molar refractivity (Wildman–Crippen MR) is 121 cm³/mol. The number of carbonyl (C=O) groups is 1. The van der Waals surface area contributed by atoms with Gasteiger partial charge >= 0.3 is 12.1 Å². The lowest BCUT2D eigenvalue weighted by Gasteiger charge is -2.27. The molecule has 0 bridgehead atoms. The van der Waals surface area contributed by atoms with E-state index in [1.807, 2.05) is 27.7 Å². The largest absolute Gasteiger partial charge is 0.449 e. The van der Waals surface area contributed by atoms with Crippen LogP contribution in [0.1, 0.15) is 46.6 Å². The molecule has 0 unspecified atom stereocenters. The minimum absolute atomic E-state index is 0.0302. The minimum atomic E-state index is -4.73. The van der Waals surface area contributed by atoms with Crippen molar-refractivity contribution in [3.63, 3.8) is 0 Å². The van der Waals surface area contributed by atoms with Crippen LogP contribution in [-0.2, 0) is 19.4 Å². The van der Waals surface area contributed by atoms with E-state index in [0.29, 0.717) is 6.07 Å². The van der Waals surface area contributed by atoms with E-state index in [9.17, 15) is 35.2 Å². The molecule has 2 aromatic carbocycles. The highest BCUT2D eigenvalue weighted by molar-refractivity contribution is 7.90. The molecule has 11 heteroatoms. The second kappa shape index (κ2) is 11.7. The summed E-state index contributed by atoms with van der Waals surface area (Å²) in [6.07, 6.45) is -5.33. The van der Waals surface area contributed by atoms with E-state index in [1.165, 1.54) is 12.1 Å². The number of esters is 1. The Morgan fingerprint density at radius 1 is 0.943 bits per heavy atom. The summed E-state index contributed by atoms with van der Waals surface area (Å²) in [6, 6.07) is 7.06. The Bertz CT molecular complexity index is 1170. The quantitative estimate of drug-likeness (QED) is 0.332. The van der Waals surface area contributed by atoms with Crippen LogP contribution >= 0.6 is 0 Å². The third-order valence-corrected chi connectivity index (χ3v) is 5.61. The molecule has 5 nitrogen and oxygen atoms in total. The smallest absolute Gasteiger partial charge is 0.393 e. The first-order valence-electron chi connectivity index (χ1n) is 10.7. The van der Waals surface area contributed by atoms with E-state index < -0.39 is 51.4 Å². The Morgan fingerprint density at radius 3 is 1.94 bits per heavy atom. The SMILES string of the molecule is CC.CC.C[C@]1(CC(F)(F)F)OC(=O)C(Oc2ccc(F)c(F)c2)=C1c1ccc(S(C)(=O)=O)cc1. The summed E-state index contributed by atoms with van der Waals surface area (Å²) >= 11 is 0. The molecule has 1 aliphatic heterocycles. The first-order chi connectivity index (χ1) is 16.2. The van der Waals surface area contributed by atoms with Crippen molar-refractivity contribution in [2.75, 3.05) is 6.26 Å². The van der Waals surface area contributed by atoms with Gasteiger partial charge in [0.2, 0.25) is 5.76 Å². The highest BCUT2D eigenvalue weighted by atomic mass is 32.2.